The highest BCUT2D eigenvalue weighted by molar-refractivity contribution is 7.98. The highest BCUT2D eigenvalue weighted by atomic mass is 32.2. The minimum Gasteiger partial charge on any atom is -0.354 e. The van der Waals surface area contributed by atoms with Crippen molar-refractivity contribution in [3.05, 3.63) is 40.2 Å². The molecule has 172 valence electrons. The van der Waals surface area contributed by atoms with Gasteiger partial charge in [0, 0.05) is 42.6 Å². The molecule has 2 amide bonds. The van der Waals surface area contributed by atoms with Crippen molar-refractivity contribution in [3.63, 3.8) is 0 Å². The fourth-order valence-corrected chi connectivity index (χ4v) is 4.72. The third-order valence-corrected chi connectivity index (χ3v) is 6.90. The molecule has 33 heavy (non-hydrogen) atoms. The molecule has 2 aromatic heterocycles. The first-order valence-corrected chi connectivity index (χ1v) is 12.3. The second-order valence-electron chi connectivity index (χ2n) is 8.56. The Morgan fingerprint density at radius 2 is 1.91 bits per heavy atom. The maximum absolute atomic E-state index is 12.8. The minimum absolute atomic E-state index is 0.0394. The second kappa shape index (κ2) is 8.58. The fraction of sp³-hybridized carbons (Fsp3) is 0.391. The average Bonchev–Trinajstić information content (AvgIpc) is 3.44. The van der Waals surface area contributed by atoms with Gasteiger partial charge in [-0.05, 0) is 50.1 Å². The van der Waals surface area contributed by atoms with Gasteiger partial charge in [0.1, 0.15) is 11.2 Å². The summed E-state index contributed by atoms with van der Waals surface area (Å²) in [4.78, 5) is 45.0. The number of anilines is 3. The molecular weight excluding hydrogens is 440 g/mol. The van der Waals surface area contributed by atoms with Crippen LogP contribution in [0.4, 0.5) is 17.2 Å². The van der Waals surface area contributed by atoms with E-state index in [1.165, 1.54) is 16.4 Å². The number of likely N-dealkylation sites (tertiary alicyclic amines) is 1. The number of benzene rings is 1. The maximum atomic E-state index is 12.8. The molecule has 10 heteroatoms. The lowest BCUT2D eigenvalue weighted by Crippen LogP contribution is -2.27. The Labute approximate surface area is 194 Å². The highest BCUT2D eigenvalue weighted by Gasteiger charge is 2.30. The van der Waals surface area contributed by atoms with Crippen LogP contribution >= 0.6 is 11.8 Å². The number of pyridine rings is 1. The van der Waals surface area contributed by atoms with Gasteiger partial charge in [0.25, 0.3) is 11.5 Å². The zero-order valence-electron chi connectivity index (χ0n) is 18.6. The summed E-state index contributed by atoms with van der Waals surface area (Å²) in [6, 6.07) is 7.25. The molecule has 3 aromatic rings. The van der Waals surface area contributed by atoms with Crippen molar-refractivity contribution in [2.24, 2.45) is 13.0 Å². The number of rotatable bonds is 6. The Morgan fingerprint density at radius 1 is 1.15 bits per heavy atom. The van der Waals surface area contributed by atoms with E-state index in [4.69, 9.17) is 0 Å². The SMILES string of the molecule is CSc1cc(C(=O)N2CCCC2)ccc1Nc1cc(NC(=O)C2CC2)nc2[nH]n(C)c(=O)c12. The topological polar surface area (TPSA) is 112 Å². The van der Waals surface area contributed by atoms with Gasteiger partial charge in [-0.3, -0.25) is 24.2 Å². The summed E-state index contributed by atoms with van der Waals surface area (Å²) in [6.07, 6.45) is 5.82. The first-order valence-electron chi connectivity index (χ1n) is 11.1. The lowest BCUT2D eigenvalue weighted by molar-refractivity contribution is -0.117. The standard InChI is InChI=1S/C23H26N6O3S/c1-28-23(32)19-16(12-18(25-20(19)27-28)26-21(30)13-5-6-13)24-15-8-7-14(11-17(15)33-2)22(31)29-9-3-4-10-29/h7-8,11-13H,3-6,9-10H2,1-2H3,(H3,24,25,26,27,30). The number of aromatic amines is 1. The van der Waals surface area contributed by atoms with Crippen LogP contribution in [-0.4, -0.2) is 50.8 Å². The minimum atomic E-state index is -0.216. The summed E-state index contributed by atoms with van der Waals surface area (Å²) in [5.41, 5.74) is 2.15. The quantitative estimate of drug-likeness (QED) is 0.481. The molecule has 1 saturated heterocycles. The van der Waals surface area contributed by atoms with E-state index in [1.54, 1.807) is 13.1 Å². The normalized spacial score (nSPS) is 15.8. The molecule has 1 aromatic carbocycles. The van der Waals surface area contributed by atoms with Crippen molar-refractivity contribution < 1.29 is 9.59 Å². The molecule has 0 spiro atoms. The molecule has 1 saturated carbocycles. The summed E-state index contributed by atoms with van der Waals surface area (Å²) < 4.78 is 1.36. The van der Waals surface area contributed by atoms with Crippen molar-refractivity contribution in [1.82, 2.24) is 19.7 Å². The smallest absolute Gasteiger partial charge is 0.277 e. The first-order chi connectivity index (χ1) is 15.9. The van der Waals surface area contributed by atoms with Gasteiger partial charge in [-0.15, -0.1) is 11.8 Å². The molecule has 0 radical (unpaired) electrons. The number of carbonyl (C=O) groups is 2. The Balaban J connectivity index is 1.50. The number of hydrogen-bond donors (Lipinski definition) is 3. The first kappa shape index (κ1) is 21.6. The van der Waals surface area contributed by atoms with Gasteiger partial charge in [-0.2, -0.15) is 0 Å². The molecule has 2 fully saturated rings. The van der Waals surface area contributed by atoms with E-state index in [9.17, 15) is 14.4 Å². The number of aromatic nitrogens is 3. The van der Waals surface area contributed by atoms with E-state index in [0.717, 1.165) is 49.4 Å². The number of nitrogens with zero attached hydrogens (tertiary/aromatic N) is 3. The monoisotopic (exact) mass is 466 g/mol. The van der Waals surface area contributed by atoms with Gasteiger partial charge in [-0.1, -0.05) is 0 Å². The number of carbonyl (C=O) groups excluding carboxylic acids is 2. The molecule has 9 nitrogen and oxygen atoms in total. The van der Waals surface area contributed by atoms with Crippen molar-refractivity contribution in [3.8, 4) is 0 Å². The summed E-state index contributed by atoms with van der Waals surface area (Å²) in [7, 11) is 1.63. The largest absolute Gasteiger partial charge is 0.354 e. The molecule has 1 aliphatic heterocycles. The summed E-state index contributed by atoms with van der Waals surface area (Å²) in [5.74, 6) is 0.415. The molecule has 0 unspecified atom stereocenters. The predicted molar refractivity (Wildman–Crippen MR) is 129 cm³/mol. The molecular formula is C23H26N6O3S. The number of thioether (sulfide) groups is 1. The van der Waals surface area contributed by atoms with Crippen molar-refractivity contribution in [2.75, 3.05) is 30.0 Å². The summed E-state index contributed by atoms with van der Waals surface area (Å²) in [6.45, 7) is 1.60. The molecule has 1 aliphatic carbocycles. The van der Waals surface area contributed by atoms with Crippen LogP contribution in [0.5, 0.6) is 0 Å². The van der Waals surface area contributed by atoms with Gasteiger partial charge < -0.3 is 15.5 Å². The molecule has 3 N–H and O–H groups in total. The van der Waals surface area contributed by atoms with Crippen LogP contribution in [0.15, 0.2) is 34.0 Å². The summed E-state index contributed by atoms with van der Waals surface area (Å²) in [5, 5.41) is 9.55. The molecule has 0 atom stereocenters. The Morgan fingerprint density at radius 3 is 2.61 bits per heavy atom. The number of aryl methyl sites for hydroxylation is 1. The van der Waals surface area contributed by atoms with Crippen LogP contribution in [0.2, 0.25) is 0 Å². The van der Waals surface area contributed by atoms with E-state index < -0.39 is 0 Å². The van der Waals surface area contributed by atoms with Crippen LogP contribution in [0, 0.1) is 5.92 Å². The number of amides is 2. The fourth-order valence-electron chi connectivity index (χ4n) is 4.13. The van der Waals surface area contributed by atoms with E-state index in [2.05, 4.69) is 20.7 Å². The van der Waals surface area contributed by atoms with Gasteiger partial charge in [0.15, 0.2) is 5.65 Å². The van der Waals surface area contributed by atoms with E-state index >= 15 is 0 Å². The van der Waals surface area contributed by atoms with E-state index in [1.807, 2.05) is 29.4 Å². The molecule has 2 aliphatic rings. The molecule has 5 rings (SSSR count). The van der Waals surface area contributed by atoms with Gasteiger partial charge in [-0.25, -0.2) is 4.98 Å². The van der Waals surface area contributed by atoms with E-state index in [-0.39, 0.29) is 23.3 Å². The zero-order valence-corrected chi connectivity index (χ0v) is 19.4. The molecule has 3 heterocycles. The number of fused-ring (bicyclic) bond motifs is 1. The Hall–Kier alpha value is -3.27. The Kier molecular flexibility index (Phi) is 5.61. The third kappa shape index (κ3) is 4.22. The number of H-pyrrole nitrogens is 1. The number of nitrogens with one attached hydrogen (secondary N) is 3. The van der Waals surface area contributed by atoms with Crippen LogP contribution in [0.25, 0.3) is 11.0 Å². The third-order valence-electron chi connectivity index (χ3n) is 6.12. The van der Waals surface area contributed by atoms with Gasteiger partial charge in [0.2, 0.25) is 5.91 Å². The summed E-state index contributed by atoms with van der Waals surface area (Å²) >= 11 is 1.52. The van der Waals surface area contributed by atoms with Crippen LogP contribution < -0.4 is 16.2 Å². The van der Waals surface area contributed by atoms with Crippen LogP contribution in [-0.2, 0) is 11.8 Å². The maximum Gasteiger partial charge on any atom is 0.277 e. The van der Waals surface area contributed by atoms with E-state index in [0.29, 0.717) is 28.1 Å². The van der Waals surface area contributed by atoms with Crippen LogP contribution in [0.1, 0.15) is 36.0 Å². The van der Waals surface area contributed by atoms with Crippen molar-refractivity contribution in [2.45, 2.75) is 30.6 Å². The average molecular weight is 467 g/mol. The second-order valence-corrected chi connectivity index (χ2v) is 9.41. The lowest BCUT2D eigenvalue weighted by atomic mass is 10.1. The van der Waals surface area contributed by atoms with Crippen LogP contribution in [0.3, 0.4) is 0 Å². The highest BCUT2D eigenvalue weighted by Crippen LogP contribution is 2.34. The van der Waals surface area contributed by atoms with Crippen molar-refractivity contribution in [1.29, 1.82) is 0 Å². The van der Waals surface area contributed by atoms with Gasteiger partial charge in [0.05, 0.1) is 11.4 Å². The predicted octanol–water partition coefficient (Wildman–Crippen LogP) is 3.31. The lowest BCUT2D eigenvalue weighted by Gasteiger charge is -2.17. The number of hydrogen-bond acceptors (Lipinski definition) is 6. The van der Waals surface area contributed by atoms with Gasteiger partial charge >= 0.3 is 0 Å². The van der Waals surface area contributed by atoms with Crippen molar-refractivity contribution >= 4 is 51.8 Å². The Bertz CT molecular complexity index is 1300. The zero-order chi connectivity index (χ0) is 23.1. The molecule has 0 bridgehead atoms.